The van der Waals surface area contributed by atoms with E-state index in [9.17, 15) is 13.2 Å². The van der Waals surface area contributed by atoms with Crippen molar-refractivity contribution in [3.8, 4) is 0 Å². The van der Waals surface area contributed by atoms with E-state index >= 15 is 0 Å². The van der Waals surface area contributed by atoms with Crippen LogP contribution in [0.4, 0.5) is 13.2 Å². The normalized spacial score (nSPS) is 21.2. The number of aromatic nitrogens is 2. The van der Waals surface area contributed by atoms with Gasteiger partial charge in [0.2, 0.25) is 0 Å². The van der Waals surface area contributed by atoms with Crippen LogP contribution in [0.5, 0.6) is 0 Å². The maximum Gasteiger partial charge on any atom is 0.174 e. The van der Waals surface area contributed by atoms with E-state index in [0.29, 0.717) is 31.8 Å². The third-order valence-corrected chi connectivity index (χ3v) is 6.14. The summed E-state index contributed by atoms with van der Waals surface area (Å²) in [6.07, 6.45) is 22.5. The number of alkyl halides is 1. The molecule has 0 aliphatic heterocycles. The molecule has 3 rings (SSSR count). The van der Waals surface area contributed by atoms with Crippen LogP contribution in [0, 0.1) is 18.8 Å². The monoisotopic (exact) mass is 511 g/mol. The van der Waals surface area contributed by atoms with Gasteiger partial charge in [-0.2, -0.15) is 0 Å². The number of hydrogen-bond donors (Lipinski definition) is 2. The molecule has 0 amide bonds. The van der Waals surface area contributed by atoms with Gasteiger partial charge in [-0.3, -0.25) is 4.99 Å². The average molecular weight is 512 g/mol. The highest BCUT2D eigenvalue weighted by Gasteiger charge is 2.17. The number of nitrogens with two attached hydrogens (primary N) is 1. The molecule has 3 atom stereocenters. The zero-order valence-corrected chi connectivity index (χ0v) is 21.5. The lowest BCUT2D eigenvalue weighted by Crippen LogP contribution is -2.16. The predicted molar refractivity (Wildman–Crippen MR) is 146 cm³/mol. The van der Waals surface area contributed by atoms with E-state index in [2.05, 4.69) is 52.8 Å². The summed E-state index contributed by atoms with van der Waals surface area (Å²) in [6, 6.07) is 0. The lowest BCUT2D eigenvalue weighted by Gasteiger charge is -2.14. The molecule has 2 aliphatic rings. The fraction of sp³-hybridized carbons (Fsp3) is 0.379. The molecule has 37 heavy (non-hydrogen) atoms. The van der Waals surface area contributed by atoms with Crippen molar-refractivity contribution >= 4 is 11.4 Å². The molecule has 0 aromatic carbocycles. The molecule has 0 bridgehead atoms. The molecule has 3 N–H and O–H groups in total. The Hall–Kier alpha value is -3.39. The number of rotatable bonds is 12. The zero-order valence-electron chi connectivity index (χ0n) is 21.5. The molecule has 3 unspecified atom stereocenters. The van der Waals surface area contributed by atoms with Gasteiger partial charge < -0.3 is 15.6 Å². The minimum absolute atomic E-state index is 0.167. The molecule has 0 spiro atoms. The minimum Gasteiger partial charge on any atom is -0.385 e. The van der Waals surface area contributed by atoms with Gasteiger partial charge in [-0.15, -0.1) is 0 Å². The summed E-state index contributed by atoms with van der Waals surface area (Å²) in [5.41, 5.74) is 9.16. The Morgan fingerprint density at radius 2 is 2.08 bits per heavy atom. The zero-order chi connectivity index (χ0) is 26.6. The lowest BCUT2D eigenvalue weighted by atomic mass is 9.95. The van der Waals surface area contributed by atoms with Crippen LogP contribution in [0.15, 0.2) is 95.6 Å². The van der Waals surface area contributed by atoms with Gasteiger partial charge in [-0.1, -0.05) is 30.4 Å². The fourth-order valence-electron chi connectivity index (χ4n) is 3.97. The number of halogens is 3. The van der Waals surface area contributed by atoms with Gasteiger partial charge in [0.25, 0.3) is 0 Å². The van der Waals surface area contributed by atoms with E-state index in [-0.39, 0.29) is 11.8 Å². The molecule has 2 aliphatic carbocycles. The molecule has 0 saturated carbocycles. The third-order valence-electron chi connectivity index (χ3n) is 6.14. The van der Waals surface area contributed by atoms with E-state index in [0.717, 1.165) is 42.1 Å². The van der Waals surface area contributed by atoms with Crippen LogP contribution in [-0.4, -0.2) is 41.1 Å². The van der Waals surface area contributed by atoms with E-state index in [4.69, 9.17) is 10.7 Å². The Morgan fingerprint density at radius 3 is 2.84 bits per heavy atom. The van der Waals surface area contributed by atoms with Crippen LogP contribution in [0.25, 0.3) is 5.70 Å². The number of aliphatic imine (C=N–C) groups is 1. The fourth-order valence-corrected chi connectivity index (χ4v) is 3.97. The van der Waals surface area contributed by atoms with Crippen LogP contribution in [0.3, 0.4) is 0 Å². The first-order valence-electron chi connectivity index (χ1n) is 12.7. The van der Waals surface area contributed by atoms with Crippen molar-refractivity contribution in [3.63, 3.8) is 0 Å². The predicted octanol–water partition coefficient (Wildman–Crippen LogP) is 6.07. The Morgan fingerprint density at radius 1 is 1.24 bits per heavy atom. The van der Waals surface area contributed by atoms with Gasteiger partial charge >= 0.3 is 0 Å². The van der Waals surface area contributed by atoms with Crippen LogP contribution >= 0.6 is 0 Å². The van der Waals surface area contributed by atoms with Gasteiger partial charge in [-0.25, -0.2) is 18.2 Å². The molecule has 0 radical (unpaired) electrons. The van der Waals surface area contributed by atoms with E-state index < -0.39 is 17.8 Å². The Balaban J connectivity index is 1.53. The highest BCUT2D eigenvalue weighted by Crippen LogP contribution is 2.22. The Labute approximate surface area is 217 Å². The molecule has 5 nitrogen and oxygen atoms in total. The number of hydrogen-bond acceptors (Lipinski definition) is 4. The van der Waals surface area contributed by atoms with Crippen molar-refractivity contribution < 1.29 is 13.2 Å². The van der Waals surface area contributed by atoms with E-state index in [1.54, 1.807) is 0 Å². The third kappa shape index (κ3) is 8.89. The molecular formula is C29H36F3N5. The summed E-state index contributed by atoms with van der Waals surface area (Å²) in [5, 5.41) is 3.00. The van der Waals surface area contributed by atoms with Gasteiger partial charge in [0.05, 0.1) is 12.0 Å². The number of nitrogens with zero attached hydrogens (tertiary/aromatic N) is 3. The molecule has 0 saturated heterocycles. The molecule has 1 heterocycles. The van der Waals surface area contributed by atoms with Crippen molar-refractivity contribution in [2.45, 2.75) is 39.3 Å². The Kier molecular flexibility index (Phi) is 11.0. The number of nitrogens with one attached hydrogen (secondary N) is 1. The maximum absolute atomic E-state index is 13.6. The summed E-state index contributed by atoms with van der Waals surface area (Å²) in [5.74, 6) is -2.24. The highest BCUT2D eigenvalue weighted by atomic mass is 19.2. The molecule has 1 aromatic heterocycles. The first kappa shape index (κ1) is 28.2. The summed E-state index contributed by atoms with van der Waals surface area (Å²) < 4.78 is 42.3. The van der Waals surface area contributed by atoms with Crippen molar-refractivity contribution in [1.29, 1.82) is 0 Å². The first-order chi connectivity index (χ1) is 17.9. The van der Waals surface area contributed by atoms with Crippen molar-refractivity contribution in [3.05, 3.63) is 96.3 Å². The molecule has 0 fully saturated rings. The molecular weight excluding hydrogens is 475 g/mol. The smallest absolute Gasteiger partial charge is 0.174 e. The SMILES string of the molecule is CC(=NCCCNC1=CC(F)=C(F)C(F)C=C1)C(C=CC1C=CC=C(n2cnc(C)c2)C=C1)CCCN. The second-order valence-electron chi connectivity index (χ2n) is 9.12. The highest BCUT2D eigenvalue weighted by molar-refractivity contribution is 5.86. The number of allylic oxidation sites excluding steroid dienone is 13. The van der Waals surface area contributed by atoms with Crippen molar-refractivity contribution in [2.24, 2.45) is 22.6 Å². The van der Waals surface area contributed by atoms with Crippen molar-refractivity contribution in [2.75, 3.05) is 19.6 Å². The minimum atomic E-state index is -2.05. The first-order valence-corrected chi connectivity index (χ1v) is 12.7. The Bertz CT molecular complexity index is 1150. The van der Waals surface area contributed by atoms with E-state index in [1.807, 2.05) is 30.9 Å². The van der Waals surface area contributed by atoms with Gasteiger partial charge in [-0.05, 0) is 70.0 Å². The van der Waals surface area contributed by atoms with Gasteiger partial charge in [0, 0.05) is 48.2 Å². The molecule has 198 valence electrons. The van der Waals surface area contributed by atoms with Gasteiger partial charge in [0.15, 0.2) is 17.8 Å². The topological polar surface area (TPSA) is 68.2 Å². The summed E-state index contributed by atoms with van der Waals surface area (Å²) in [7, 11) is 0. The molecule has 8 heteroatoms. The second kappa shape index (κ2) is 14.4. The van der Waals surface area contributed by atoms with Crippen molar-refractivity contribution in [1.82, 2.24) is 14.9 Å². The van der Waals surface area contributed by atoms with Crippen LogP contribution in [0.2, 0.25) is 0 Å². The van der Waals surface area contributed by atoms with Gasteiger partial charge in [0.1, 0.15) is 0 Å². The summed E-state index contributed by atoms with van der Waals surface area (Å²) in [4.78, 5) is 9.03. The second-order valence-corrected chi connectivity index (χ2v) is 9.12. The number of imidazole rings is 1. The number of aryl methyl sites for hydroxylation is 1. The quantitative estimate of drug-likeness (QED) is 0.203. The average Bonchev–Trinajstić information content (AvgIpc) is 3.12. The van der Waals surface area contributed by atoms with Crippen LogP contribution in [-0.2, 0) is 0 Å². The van der Waals surface area contributed by atoms with Crippen LogP contribution in [0.1, 0.15) is 31.9 Å². The molecule has 1 aromatic rings. The maximum atomic E-state index is 13.6. The lowest BCUT2D eigenvalue weighted by molar-refractivity contribution is 0.366. The largest absolute Gasteiger partial charge is 0.385 e. The summed E-state index contributed by atoms with van der Waals surface area (Å²) in [6.45, 7) is 5.71. The summed E-state index contributed by atoms with van der Waals surface area (Å²) >= 11 is 0. The van der Waals surface area contributed by atoms with E-state index in [1.165, 1.54) is 6.08 Å². The standard InChI is InChI=1S/C29H36F3N5/c1-21-19-37(20-36-21)26-8-3-6-23(10-13-26)9-11-24(7-4-15-33)22(2)34-16-5-17-35-25-12-14-27(30)29(32)28(31)18-25/h3,6,8-14,18-20,23-24,27,35H,4-5,7,15-17,33H2,1-2H3. The van der Waals surface area contributed by atoms with Crippen LogP contribution < -0.4 is 11.1 Å².